The molecule has 1 unspecified atom stereocenters. The Morgan fingerprint density at radius 3 is 2.71 bits per heavy atom. The molecule has 4 heterocycles. The first-order valence-electron chi connectivity index (χ1n) is 10.2. The minimum Gasteiger partial charge on any atom is -0.341 e. The summed E-state index contributed by atoms with van der Waals surface area (Å²) in [7, 11) is 1.79. The second-order valence-corrected chi connectivity index (χ2v) is 8.07. The van der Waals surface area contributed by atoms with Gasteiger partial charge in [0.2, 0.25) is 5.91 Å². The lowest BCUT2D eigenvalue weighted by atomic mass is 10.00. The van der Waals surface area contributed by atoms with E-state index >= 15 is 0 Å². The molecule has 2 aromatic heterocycles. The largest absolute Gasteiger partial charge is 0.341 e. The zero-order valence-corrected chi connectivity index (χ0v) is 17.0. The molecule has 152 valence electrons. The van der Waals surface area contributed by atoms with Gasteiger partial charge >= 0.3 is 0 Å². The highest BCUT2D eigenvalue weighted by Crippen LogP contribution is 2.22. The normalized spacial score (nSPS) is 21.0. The maximum atomic E-state index is 12.8. The first kappa shape index (κ1) is 19.1. The number of carbonyl (C=O) groups is 1. The number of amides is 1. The Morgan fingerprint density at radius 1 is 1.21 bits per heavy atom. The summed E-state index contributed by atoms with van der Waals surface area (Å²) in [4.78, 5) is 34.1. The molecule has 0 bridgehead atoms. The highest BCUT2D eigenvalue weighted by molar-refractivity contribution is 5.81. The Labute approximate surface area is 164 Å². The van der Waals surface area contributed by atoms with Crippen LogP contribution < -0.4 is 10.9 Å². The molecule has 2 aliphatic rings. The summed E-state index contributed by atoms with van der Waals surface area (Å²) in [5.74, 6) is 0.207. The van der Waals surface area contributed by atoms with Gasteiger partial charge in [-0.1, -0.05) is 0 Å². The predicted octanol–water partition coefficient (Wildman–Crippen LogP) is 0.317. The zero-order chi connectivity index (χ0) is 19.8. The van der Waals surface area contributed by atoms with E-state index in [0.717, 1.165) is 62.5 Å². The minimum absolute atomic E-state index is 0.117. The van der Waals surface area contributed by atoms with Gasteiger partial charge in [0.15, 0.2) is 5.65 Å². The van der Waals surface area contributed by atoms with Gasteiger partial charge in [-0.05, 0) is 37.8 Å². The molecule has 2 aliphatic heterocycles. The summed E-state index contributed by atoms with van der Waals surface area (Å²) in [5.41, 5.74) is 3.42. The van der Waals surface area contributed by atoms with E-state index in [-0.39, 0.29) is 11.5 Å². The van der Waals surface area contributed by atoms with Gasteiger partial charge in [-0.3, -0.25) is 24.3 Å². The number of pyridine rings is 1. The van der Waals surface area contributed by atoms with E-state index in [0.29, 0.717) is 29.9 Å². The molecule has 1 atom stereocenters. The van der Waals surface area contributed by atoms with Gasteiger partial charge in [-0.15, -0.1) is 0 Å². The van der Waals surface area contributed by atoms with Gasteiger partial charge in [-0.2, -0.15) is 0 Å². The number of fused-ring (bicyclic) bond motifs is 1. The maximum Gasteiger partial charge on any atom is 0.273 e. The molecule has 1 amide bonds. The van der Waals surface area contributed by atoms with Crippen molar-refractivity contribution in [3.05, 3.63) is 27.2 Å². The number of likely N-dealkylation sites (tertiary alicyclic amines) is 1. The van der Waals surface area contributed by atoms with Crippen molar-refractivity contribution in [2.24, 2.45) is 7.05 Å². The quantitative estimate of drug-likeness (QED) is 0.790. The third-order valence-corrected chi connectivity index (χ3v) is 6.35. The van der Waals surface area contributed by atoms with Gasteiger partial charge in [0.1, 0.15) is 0 Å². The van der Waals surface area contributed by atoms with Crippen molar-refractivity contribution < 1.29 is 4.79 Å². The molecule has 8 nitrogen and oxygen atoms in total. The molecule has 2 aromatic rings. The Hall–Kier alpha value is -2.19. The van der Waals surface area contributed by atoms with Gasteiger partial charge < -0.3 is 10.2 Å². The number of nitrogens with zero attached hydrogens (tertiary/aromatic N) is 4. The number of carbonyl (C=O) groups excluding carboxylic acids is 1. The van der Waals surface area contributed by atoms with Crippen LogP contribution in [0.2, 0.25) is 0 Å². The van der Waals surface area contributed by atoms with Crippen molar-refractivity contribution >= 4 is 16.9 Å². The minimum atomic E-state index is -0.117. The van der Waals surface area contributed by atoms with Crippen LogP contribution in [0.25, 0.3) is 11.0 Å². The number of aromatic amines is 1. The number of nitrogens with one attached hydrogen (secondary N) is 2. The molecular formula is C20H30N6O2. The molecule has 2 saturated heterocycles. The molecule has 2 fully saturated rings. The molecule has 0 aromatic carbocycles. The molecule has 28 heavy (non-hydrogen) atoms. The Morgan fingerprint density at radius 2 is 1.96 bits per heavy atom. The highest BCUT2D eigenvalue weighted by Gasteiger charge is 2.30. The average Bonchev–Trinajstić information content (AvgIpc) is 3.27. The van der Waals surface area contributed by atoms with E-state index in [1.807, 2.05) is 18.7 Å². The van der Waals surface area contributed by atoms with Gasteiger partial charge in [0.25, 0.3) is 5.56 Å². The first-order valence-corrected chi connectivity index (χ1v) is 10.2. The predicted molar refractivity (Wildman–Crippen MR) is 109 cm³/mol. The van der Waals surface area contributed by atoms with Crippen LogP contribution in [0.5, 0.6) is 0 Å². The van der Waals surface area contributed by atoms with Crippen molar-refractivity contribution in [3.8, 4) is 0 Å². The number of aromatic nitrogens is 3. The van der Waals surface area contributed by atoms with Crippen LogP contribution in [0.1, 0.15) is 29.7 Å². The second kappa shape index (κ2) is 7.67. The molecule has 0 saturated carbocycles. The van der Waals surface area contributed by atoms with Gasteiger partial charge in [0.05, 0.1) is 5.39 Å². The Bertz CT molecular complexity index is 940. The molecule has 4 rings (SSSR count). The number of hydrogen-bond donors (Lipinski definition) is 2. The van der Waals surface area contributed by atoms with Gasteiger partial charge in [0, 0.05) is 64.5 Å². The number of aryl methyl sites for hydroxylation is 3. The summed E-state index contributed by atoms with van der Waals surface area (Å²) < 4.78 is 1.66. The standard InChI is InChI=1S/C20H30N6O2/c1-13-16(14(2)22-19-18(13)20(28)23-24(19)3)4-5-17(27)26-9-6-15(12-26)25-10-7-21-8-11-25/h15,21H,4-12H2,1-3H3,(H,23,28). The lowest BCUT2D eigenvalue weighted by Gasteiger charge is -2.32. The second-order valence-electron chi connectivity index (χ2n) is 8.07. The number of H-pyrrole nitrogens is 1. The van der Waals surface area contributed by atoms with Crippen LogP contribution in [0.4, 0.5) is 0 Å². The van der Waals surface area contributed by atoms with Crippen LogP contribution >= 0.6 is 0 Å². The SMILES string of the molecule is Cc1nc2c(c(C)c1CCC(=O)N1CCC(N3CCNCC3)C1)c(=O)[nH]n2C. The fourth-order valence-corrected chi connectivity index (χ4v) is 4.72. The van der Waals surface area contributed by atoms with E-state index in [1.165, 1.54) is 0 Å². The van der Waals surface area contributed by atoms with E-state index < -0.39 is 0 Å². The first-order chi connectivity index (χ1) is 13.5. The van der Waals surface area contributed by atoms with E-state index in [1.54, 1.807) is 11.7 Å². The van der Waals surface area contributed by atoms with Crippen molar-refractivity contribution in [3.63, 3.8) is 0 Å². The fraction of sp³-hybridized carbons (Fsp3) is 0.650. The Kier molecular flexibility index (Phi) is 5.25. The van der Waals surface area contributed by atoms with Crippen molar-refractivity contribution in [1.82, 2.24) is 29.9 Å². The summed E-state index contributed by atoms with van der Waals surface area (Å²) in [6.45, 7) is 9.83. The molecule has 0 aliphatic carbocycles. The maximum absolute atomic E-state index is 12.8. The lowest BCUT2D eigenvalue weighted by molar-refractivity contribution is -0.130. The zero-order valence-electron chi connectivity index (χ0n) is 17.0. The lowest BCUT2D eigenvalue weighted by Crippen LogP contribution is -2.49. The van der Waals surface area contributed by atoms with E-state index in [9.17, 15) is 9.59 Å². The van der Waals surface area contributed by atoms with E-state index in [2.05, 4.69) is 20.3 Å². The van der Waals surface area contributed by atoms with Crippen LogP contribution in [0.3, 0.4) is 0 Å². The number of hydrogen-bond acceptors (Lipinski definition) is 5. The van der Waals surface area contributed by atoms with Crippen molar-refractivity contribution in [2.75, 3.05) is 39.3 Å². The monoisotopic (exact) mass is 386 g/mol. The summed E-state index contributed by atoms with van der Waals surface area (Å²) in [5, 5.41) is 6.79. The number of rotatable bonds is 4. The summed E-state index contributed by atoms with van der Waals surface area (Å²) in [6, 6.07) is 0.496. The highest BCUT2D eigenvalue weighted by atomic mass is 16.2. The fourth-order valence-electron chi connectivity index (χ4n) is 4.72. The average molecular weight is 387 g/mol. The third kappa shape index (κ3) is 3.46. The van der Waals surface area contributed by atoms with Crippen LogP contribution in [0, 0.1) is 13.8 Å². The smallest absolute Gasteiger partial charge is 0.273 e. The van der Waals surface area contributed by atoms with Crippen LogP contribution in [-0.4, -0.2) is 75.8 Å². The van der Waals surface area contributed by atoms with Crippen molar-refractivity contribution in [1.29, 1.82) is 0 Å². The van der Waals surface area contributed by atoms with Crippen LogP contribution in [0.15, 0.2) is 4.79 Å². The topological polar surface area (TPSA) is 86.3 Å². The van der Waals surface area contributed by atoms with Gasteiger partial charge in [-0.25, -0.2) is 4.98 Å². The van der Waals surface area contributed by atoms with Crippen LogP contribution in [-0.2, 0) is 18.3 Å². The molecule has 0 spiro atoms. The number of piperazine rings is 1. The molecule has 0 radical (unpaired) electrons. The van der Waals surface area contributed by atoms with Crippen molar-refractivity contribution in [2.45, 2.75) is 39.2 Å². The molecular weight excluding hydrogens is 356 g/mol. The summed E-state index contributed by atoms with van der Waals surface area (Å²) in [6.07, 6.45) is 2.16. The third-order valence-electron chi connectivity index (χ3n) is 6.35. The molecule has 2 N–H and O–H groups in total. The summed E-state index contributed by atoms with van der Waals surface area (Å²) >= 11 is 0. The Balaban J connectivity index is 1.42. The van der Waals surface area contributed by atoms with E-state index in [4.69, 9.17) is 0 Å². The molecule has 8 heteroatoms.